The van der Waals surface area contributed by atoms with Gasteiger partial charge in [-0.25, -0.2) is 14.1 Å². The maximum atomic E-state index is 15.7. The summed E-state index contributed by atoms with van der Waals surface area (Å²) >= 11 is 0. The van der Waals surface area contributed by atoms with Gasteiger partial charge >= 0.3 is 0 Å². The number of pyridine rings is 2. The highest BCUT2D eigenvalue weighted by Gasteiger charge is 2.22. The van der Waals surface area contributed by atoms with Crippen molar-refractivity contribution in [2.24, 2.45) is 0 Å². The molecule has 0 spiro atoms. The van der Waals surface area contributed by atoms with Gasteiger partial charge in [-0.15, -0.1) is 0 Å². The van der Waals surface area contributed by atoms with Gasteiger partial charge in [0.25, 0.3) is 11.5 Å². The summed E-state index contributed by atoms with van der Waals surface area (Å²) in [5, 5.41) is 31.6. The number of aromatic hydroxyl groups is 1. The molecule has 262 valence electrons. The molecule has 52 heavy (non-hydrogen) atoms. The molecule has 0 unspecified atom stereocenters. The molecule has 0 aliphatic heterocycles. The molecule has 13 heteroatoms. The van der Waals surface area contributed by atoms with Crippen molar-refractivity contribution >= 4 is 39.3 Å². The predicted molar refractivity (Wildman–Crippen MR) is 195 cm³/mol. The Morgan fingerprint density at radius 1 is 0.962 bits per heavy atom. The molecule has 4 N–H and O–H groups in total. The van der Waals surface area contributed by atoms with Crippen LogP contribution in [0.5, 0.6) is 23.0 Å². The average Bonchev–Trinajstić information content (AvgIpc) is 3.50. The van der Waals surface area contributed by atoms with Crippen LogP contribution in [0.25, 0.3) is 27.6 Å². The van der Waals surface area contributed by atoms with E-state index >= 15 is 4.39 Å². The monoisotopic (exact) mass is 700 g/mol. The second-order valence-electron chi connectivity index (χ2n) is 12.0. The van der Waals surface area contributed by atoms with Crippen molar-refractivity contribution in [3.63, 3.8) is 0 Å². The lowest BCUT2D eigenvalue weighted by atomic mass is 10.1. The first kappa shape index (κ1) is 33.8. The first-order valence-corrected chi connectivity index (χ1v) is 16.3. The van der Waals surface area contributed by atoms with Crippen LogP contribution < -0.4 is 25.7 Å². The molecule has 0 fully saturated rings. The lowest BCUT2D eigenvalue weighted by Gasteiger charge is -2.14. The van der Waals surface area contributed by atoms with E-state index in [-0.39, 0.29) is 41.1 Å². The number of fused-ring (bicyclic) bond motifs is 2. The fourth-order valence-electron chi connectivity index (χ4n) is 5.84. The minimum atomic E-state index is -0.790. The van der Waals surface area contributed by atoms with E-state index in [4.69, 9.17) is 14.6 Å². The van der Waals surface area contributed by atoms with E-state index in [0.717, 1.165) is 17.4 Å². The number of amides is 1. The third kappa shape index (κ3) is 6.60. The highest BCUT2D eigenvalue weighted by atomic mass is 19.1. The standard InChI is InChI=1S/C39H33FN6O6/c1-23(22-47)42-36-35-34(17-18-41-37(35)45(44-36)21-24-11-14-27(51-2)15-12-24)52-33-16-13-25(19-30(33)40)43-38(49)29-20-28-31(9-6-10-32(28)48)46(39(29)50)26-7-4-3-5-8-26/h3-20,23,47-48H,21-22H2,1-2H3,(H,42,44)(H,43,49)/t23-/m1/s1. The molecule has 0 radical (unpaired) electrons. The molecule has 0 bridgehead atoms. The van der Waals surface area contributed by atoms with Gasteiger partial charge in [0.05, 0.1) is 25.8 Å². The number of benzene rings is 4. The van der Waals surface area contributed by atoms with Gasteiger partial charge in [0.2, 0.25) is 0 Å². The number of anilines is 2. The van der Waals surface area contributed by atoms with Crippen LogP contribution >= 0.6 is 0 Å². The number of halogens is 1. The van der Waals surface area contributed by atoms with E-state index in [2.05, 4.69) is 15.6 Å². The van der Waals surface area contributed by atoms with E-state index in [9.17, 15) is 19.8 Å². The summed E-state index contributed by atoms with van der Waals surface area (Å²) in [6.07, 6.45) is 1.53. The Bertz CT molecular complexity index is 2480. The Hall–Kier alpha value is -6.73. The lowest BCUT2D eigenvalue weighted by Crippen LogP contribution is -2.28. The molecule has 0 saturated heterocycles. The van der Waals surface area contributed by atoms with Crippen LogP contribution in [0.1, 0.15) is 22.8 Å². The molecule has 7 aromatic rings. The minimum absolute atomic E-state index is 0.0733. The molecule has 4 aromatic carbocycles. The van der Waals surface area contributed by atoms with Gasteiger partial charge in [0, 0.05) is 41.1 Å². The smallest absolute Gasteiger partial charge is 0.268 e. The second-order valence-corrected chi connectivity index (χ2v) is 12.0. The summed E-state index contributed by atoms with van der Waals surface area (Å²) in [5.74, 6) is -0.464. The summed E-state index contributed by atoms with van der Waals surface area (Å²) in [4.78, 5) is 31.7. The number of para-hydroxylation sites is 1. The van der Waals surface area contributed by atoms with Crippen LogP contribution in [0.3, 0.4) is 0 Å². The minimum Gasteiger partial charge on any atom is -0.507 e. The molecule has 3 heterocycles. The van der Waals surface area contributed by atoms with Crippen LogP contribution in [-0.4, -0.2) is 55.2 Å². The second kappa shape index (κ2) is 14.2. The number of carbonyl (C=O) groups excluding carboxylic acids is 1. The topological polar surface area (TPSA) is 153 Å². The molecule has 1 amide bonds. The molecular formula is C39H33FN6O6. The van der Waals surface area contributed by atoms with Crippen LogP contribution in [0, 0.1) is 5.82 Å². The molecule has 0 saturated carbocycles. The van der Waals surface area contributed by atoms with E-state index in [0.29, 0.717) is 40.0 Å². The number of aliphatic hydroxyl groups is 1. The molecule has 12 nitrogen and oxygen atoms in total. The van der Waals surface area contributed by atoms with Gasteiger partial charge in [0.1, 0.15) is 28.2 Å². The summed E-state index contributed by atoms with van der Waals surface area (Å²) in [6.45, 7) is 1.99. The van der Waals surface area contributed by atoms with Gasteiger partial charge in [-0.3, -0.25) is 14.2 Å². The normalized spacial score (nSPS) is 11.8. The van der Waals surface area contributed by atoms with Crippen LogP contribution in [0.15, 0.2) is 114 Å². The predicted octanol–water partition coefficient (Wildman–Crippen LogP) is 6.47. The number of hydrogen-bond donors (Lipinski definition) is 4. The molecular weight excluding hydrogens is 667 g/mol. The molecule has 3 aromatic heterocycles. The number of phenolic OH excluding ortho intramolecular Hbond substituents is 1. The van der Waals surface area contributed by atoms with Crippen molar-refractivity contribution < 1.29 is 28.9 Å². The van der Waals surface area contributed by atoms with Crippen molar-refractivity contribution in [3.05, 3.63) is 137 Å². The third-order valence-electron chi connectivity index (χ3n) is 8.43. The number of phenols is 1. The number of carbonyl (C=O) groups is 1. The molecule has 0 aliphatic carbocycles. The number of aliphatic hydroxyl groups excluding tert-OH is 1. The number of rotatable bonds is 11. The third-order valence-corrected chi connectivity index (χ3v) is 8.43. The maximum Gasteiger partial charge on any atom is 0.268 e. The van der Waals surface area contributed by atoms with Crippen molar-refractivity contribution in [2.45, 2.75) is 19.5 Å². The van der Waals surface area contributed by atoms with Crippen molar-refractivity contribution in [1.82, 2.24) is 19.3 Å². The number of hydrogen-bond acceptors (Lipinski definition) is 9. The largest absolute Gasteiger partial charge is 0.507 e. The number of aromatic nitrogens is 4. The summed E-state index contributed by atoms with van der Waals surface area (Å²) in [6, 6.07) is 27.5. The zero-order valence-corrected chi connectivity index (χ0v) is 28.1. The van der Waals surface area contributed by atoms with Gasteiger partial charge in [-0.05, 0) is 67.1 Å². The highest BCUT2D eigenvalue weighted by Crippen LogP contribution is 2.36. The quantitative estimate of drug-likeness (QED) is 0.119. The number of nitrogens with one attached hydrogen (secondary N) is 2. The van der Waals surface area contributed by atoms with Crippen LogP contribution in [-0.2, 0) is 6.54 Å². The van der Waals surface area contributed by atoms with Gasteiger partial charge in [0.15, 0.2) is 23.0 Å². The SMILES string of the molecule is COc1ccc(Cn2nc(N[C@H](C)CO)c3c(Oc4ccc(NC(=O)c5cc6c(O)cccc6n(-c6ccccc6)c5=O)cc4F)ccnc32)cc1. The van der Waals surface area contributed by atoms with Gasteiger partial charge in [-0.1, -0.05) is 36.4 Å². The van der Waals surface area contributed by atoms with Crippen molar-refractivity contribution in [2.75, 3.05) is 24.4 Å². The Labute approximate surface area is 296 Å². The zero-order valence-electron chi connectivity index (χ0n) is 28.1. The zero-order chi connectivity index (χ0) is 36.4. The summed E-state index contributed by atoms with van der Waals surface area (Å²) in [5.41, 5.74) is 1.53. The Balaban J connectivity index is 1.19. The summed E-state index contributed by atoms with van der Waals surface area (Å²) in [7, 11) is 1.59. The fraction of sp³-hybridized carbons (Fsp3) is 0.128. The highest BCUT2D eigenvalue weighted by molar-refractivity contribution is 6.06. The van der Waals surface area contributed by atoms with Gasteiger partial charge in [-0.2, -0.15) is 5.10 Å². The van der Waals surface area contributed by atoms with E-state index < -0.39 is 17.3 Å². The maximum absolute atomic E-state index is 15.7. The number of ether oxygens (including phenoxy) is 2. The first-order chi connectivity index (χ1) is 25.2. The van der Waals surface area contributed by atoms with Crippen LogP contribution in [0.4, 0.5) is 15.9 Å². The Morgan fingerprint density at radius 2 is 1.75 bits per heavy atom. The number of nitrogens with zero attached hydrogens (tertiary/aromatic N) is 4. The Morgan fingerprint density at radius 3 is 2.48 bits per heavy atom. The molecule has 7 rings (SSSR count). The van der Waals surface area contributed by atoms with Gasteiger partial charge < -0.3 is 30.3 Å². The lowest BCUT2D eigenvalue weighted by molar-refractivity contribution is 0.102. The summed E-state index contributed by atoms with van der Waals surface area (Å²) < 4.78 is 30.0. The average molecular weight is 701 g/mol. The van der Waals surface area contributed by atoms with Crippen molar-refractivity contribution in [3.8, 4) is 28.7 Å². The number of methoxy groups -OCH3 is 1. The van der Waals surface area contributed by atoms with E-state index in [1.807, 2.05) is 24.3 Å². The first-order valence-electron chi connectivity index (χ1n) is 16.3. The molecule has 0 aliphatic rings. The molecule has 1 atom stereocenters. The Kier molecular flexibility index (Phi) is 9.25. The van der Waals surface area contributed by atoms with E-state index in [1.54, 1.807) is 67.2 Å². The fourth-order valence-corrected chi connectivity index (χ4v) is 5.84. The van der Waals surface area contributed by atoms with Crippen molar-refractivity contribution in [1.29, 1.82) is 0 Å². The van der Waals surface area contributed by atoms with E-state index in [1.165, 1.54) is 35.0 Å². The van der Waals surface area contributed by atoms with Crippen LogP contribution in [0.2, 0.25) is 0 Å².